The highest BCUT2D eigenvalue weighted by Crippen LogP contribution is 2.14. The van der Waals surface area contributed by atoms with Gasteiger partial charge in [0.1, 0.15) is 5.82 Å². The molecule has 0 saturated heterocycles. The van der Waals surface area contributed by atoms with E-state index in [-0.39, 0.29) is 17.8 Å². The average Bonchev–Trinajstić information content (AvgIpc) is 2.95. The molecule has 138 valence electrons. The molecule has 1 unspecified atom stereocenters. The topological polar surface area (TPSA) is 28.4 Å². The number of aliphatic hydroxyl groups is 1. The van der Waals surface area contributed by atoms with Crippen LogP contribution in [-0.4, -0.2) is 33.8 Å². The number of aliphatic hydroxyl groups excluding tert-OH is 1. The normalized spacial score (nSPS) is 13.2. The zero-order valence-electron chi connectivity index (χ0n) is 15.8. The van der Waals surface area contributed by atoms with Crippen molar-refractivity contribution >= 4 is 0 Å². The van der Waals surface area contributed by atoms with Crippen LogP contribution >= 0.6 is 0 Å². The molecule has 1 aromatic heterocycles. The summed E-state index contributed by atoms with van der Waals surface area (Å²) in [5.74, 6) is 0.586. The molecule has 0 amide bonds. The number of rotatable bonds is 9. The van der Waals surface area contributed by atoms with E-state index in [1.54, 1.807) is 0 Å². The maximum absolute atomic E-state index is 13.1. The Bertz CT molecular complexity index is 634. The fraction of sp³-hybridized carbons (Fsp3) is 0.524. The maximum atomic E-state index is 13.1. The summed E-state index contributed by atoms with van der Waals surface area (Å²) in [5, 5.41) is 10.3. The van der Waals surface area contributed by atoms with Gasteiger partial charge in [-0.15, -0.1) is 0 Å². The van der Waals surface area contributed by atoms with Gasteiger partial charge in [-0.25, -0.2) is 4.39 Å². The van der Waals surface area contributed by atoms with E-state index in [0.29, 0.717) is 12.5 Å². The Balaban J connectivity index is 2.08. The van der Waals surface area contributed by atoms with Crippen molar-refractivity contribution in [1.82, 2.24) is 9.47 Å². The first-order chi connectivity index (χ1) is 11.8. The Hall–Kier alpha value is -1.65. The molecule has 0 fully saturated rings. The molecule has 1 atom stereocenters. The summed E-state index contributed by atoms with van der Waals surface area (Å²) in [6.07, 6.45) is 1.74. The van der Waals surface area contributed by atoms with Gasteiger partial charge >= 0.3 is 0 Å². The maximum Gasteiger partial charge on any atom is 0.123 e. The first-order valence-corrected chi connectivity index (χ1v) is 9.14. The molecule has 0 spiro atoms. The molecule has 4 heteroatoms. The molecule has 0 saturated carbocycles. The van der Waals surface area contributed by atoms with E-state index in [1.165, 1.54) is 17.8 Å². The van der Waals surface area contributed by atoms with Gasteiger partial charge in [-0.05, 0) is 41.7 Å². The molecule has 0 aliphatic heterocycles. The lowest BCUT2D eigenvalue weighted by molar-refractivity contribution is 0.0673. The van der Waals surface area contributed by atoms with E-state index in [2.05, 4.69) is 49.4 Å². The number of benzene rings is 1. The van der Waals surface area contributed by atoms with Crippen LogP contribution in [0, 0.1) is 17.7 Å². The molecular weight excluding hydrogens is 315 g/mol. The van der Waals surface area contributed by atoms with Crippen molar-refractivity contribution in [2.75, 3.05) is 13.1 Å². The highest BCUT2D eigenvalue weighted by atomic mass is 19.1. The van der Waals surface area contributed by atoms with Gasteiger partial charge < -0.3 is 9.67 Å². The summed E-state index contributed by atoms with van der Waals surface area (Å²) in [5.41, 5.74) is 2.29. The monoisotopic (exact) mass is 346 g/mol. The smallest absolute Gasteiger partial charge is 0.123 e. The Morgan fingerprint density at radius 3 is 2.32 bits per heavy atom. The van der Waals surface area contributed by atoms with Crippen LogP contribution in [0.15, 0.2) is 42.6 Å². The summed E-state index contributed by atoms with van der Waals surface area (Å²) >= 11 is 0. The van der Waals surface area contributed by atoms with Crippen LogP contribution in [0.2, 0.25) is 0 Å². The van der Waals surface area contributed by atoms with Crippen molar-refractivity contribution in [3.63, 3.8) is 0 Å². The molecular formula is C21H31FN2O. The Morgan fingerprint density at radius 1 is 1.04 bits per heavy atom. The van der Waals surface area contributed by atoms with Gasteiger partial charge in [0.2, 0.25) is 0 Å². The Kier molecular flexibility index (Phi) is 7.21. The second-order valence-corrected chi connectivity index (χ2v) is 7.65. The van der Waals surface area contributed by atoms with Crippen molar-refractivity contribution in [2.45, 2.75) is 46.9 Å². The van der Waals surface area contributed by atoms with Gasteiger partial charge in [-0.3, -0.25) is 4.90 Å². The number of aromatic nitrogens is 1. The zero-order chi connectivity index (χ0) is 18.4. The molecule has 0 aliphatic carbocycles. The number of halogens is 1. The quantitative estimate of drug-likeness (QED) is 0.739. The first-order valence-electron chi connectivity index (χ1n) is 9.14. The molecule has 0 aliphatic rings. The van der Waals surface area contributed by atoms with Gasteiger partial charge in [-0.1, -0.05) is 39.8 Å². The highest BCUT2D eigenvalue weighted by molar-refractivity contribution is 5.18. The highest BCUT2D eigenvalue weighted by Gasteiger charge is 2.17. The van der Waals surface area contributed by atoms with E-state index in [0.717, 1.165) is 25.2 Å². The fourth-order valence-corrected chi connectivity index (χ4v) is 2.96. The summed E-state index contributed by atoms with van der Waals surface area (Å²) in [6, 6.07) is 10.8. The van der Waals surface area contributed by atoms with Crippen molar-refractivity contribution in [3.05, 3.63) is 59.7 Å². The van der Waals surface area contributed by atoms with Crippen LogP contribution in [0.5, 0.6) is 0 Å². The minimum absolute atomic E-state index is 0.206. The largest absolute Gasteiger partial charge is 0.392 e. The molecule has 25 heavy (non-hydrogen) atoms. The van der Waals surface area contributed by atoms with E-state index < -0.39 is 0 Å². The van der Waals surface area contributed by atoms with Crippen molar-refractivity contribution in [2.24, 2.45) is 11.8 Å². The van der Waals surface area contributed by atoms with Crippen LogP contribution in [0.1, 0.15) is 39.0 Å². The lowest BCUT2D eigenvalue weighted by Crippen LogP contribution is -2.37. The molecule has 0 radical (unpaired) electrons. The van der Waals surface area contributed by atoms with Gasteiger partial charge in [-0.2, -0.15) is 0 Å². The van der Waals surface area contributed by atoms with Crippen LogP contribution in [-0.2, 0) is 13.1 Å². The summed E-state index contributed by atoms with van der Waals surface area (Å²) in [4.78, 5) is 2.33. The Morgan fingerprint density at radius 2 is 1.72 bits per heavy atom. The Labute approximate surface area is 151 Å². The third-order valence-corrected chi connectivity index (χ3v) is 4.41. The first kappa shape index (κ1) is 19.7. The molecule has 1 heterocycles. The lowest BCUT2D eigenvalue weighted by atomic mass is 10.1. The van der Waals surface area contributed by atoms with Gasteiger partial charge in [0.15, 0.2) is 0 Å². The second kappa shape index (κ2) is 9.16. The SMILES string of the molecule is CC(C)CN(Cc1cccn1Cc1ccc(F)cc1)CC(O)C(C)C. The third-order valence-electron chi connectivity index (χ3n) is 4.41. The predicted molar refractivity (Wildman–Crippen MR) is 101 cm³/mol. The third kappa shape index (κ3) is 6.29. The van der Waals surface area contributed by atoms with Gasteiger partial charge in [0, 0.05) is 38.1 Å². The van der Waals surface area contributed by atoms with Crippen LogP contribution in [0.3, 0.4) is 0 Å². The summed E-state index contributed by atoms with van der Waals surface area (Å²) < 4.78 is 15.3. The minimum Gasteiger partial charge on any atom is -0.392 e. The predicted octanol–water partition coefficient (Wildman–Crippen LogP) is 4.15. The summed E-state index contributed by atoms with van der Waals surface area (Å²) in [6.45, 7) is 11.7. The number of hydrogen-bond donors (Lipinski definition) is 1. The van der Waals surface area contributed by atoms with Crippen LogP contribution in [0.4, 0.5) is 4.39 Å². The van der Waals surface area contributed by atoms with Crippen LogP contribution < -0.4 is 0 Å². The van der Waals surface area contributed by atoms with Crippen molar-refractivity contribution in [3.8, 4) is 0 Å². The van der Waals surface area contributed by atoms with E-state index >= 15 is 0 Å². The standard InChI is InChI=1S/C21H31FN2O/c1-16(2)12-23(15-21(25)17(3)4)14-20-6-5-11-24(20)13-18-7-9-19(22)10-8-18/h5-11,16-17,21,25H,12-15H2,1-4H3. The molecule has 1 N–H and O–H groups in total. The summed E-state index contributed by atoms with van der Waals surface area (Å²) in [7, 11) is 0. The van der Waals surface area contributed by atoms with Crippen molar-refractivity contribution < 1.29 is 9.50 Å². The molecule has 2 aromatic rings. The van der Waals surface area contributed by atoms with E-state index in [4.69, 9.17) is 0 Å². The van der Waals surface area contributed by atoms with Gasteiger partial charge in [0.25, 0.3) is 0 Å². The van der Waals surface area contributed by atoms with Gasteiger partial charge in [0.05, 0.1) is 6.10 Å². The van der Waals surface area contributed by atoms with Crippen LogP contribution in [0.25, 0.3) is 0 Å². The fourth-order valence-electron chi connectivity index (χ4n) is 2.96. The second-order valence-electron chi connectivity index (χ2n) is 7.65. The van der Waals surface area contributed by atoms with E-state index in [9.17, 15) is 9.50 Å². The molecule has 2 rings (SSSR count). The number of nitrogens with zero attached hydrogens (tertiary/aromatic N) is 2. The van der Waals surface area contributed by atoms with Crippen molar-refractivity contribution in [1.29, 1.82) is 0 Å². The van der Waals surface area contributed by atoms with E-state index in [1.807, 2.05) is 18.2 Å². The molecule has 3 nitrogen and oxygen atoms in total. The lowest BCUT2D eigenvalue weighted by Gasteiger charge is -2.28. The molecule has 1 aromatic carbocycles. The number of hydrogen-bond acceptors (Lipinski definition) is 2. The zero-order valence-corrected chi connectivity index (χ0v) is 15.8. The minimum atomic E-state index is -0.320. The average molecular weight is 346 g/mol. The molecule has 0 bridgehead atoms.